The van der Waals surface area contributed by atoms with E-state index < -0.39 is 0 Å². The standard InChI is InChI=1S/C15H23NO3S/c1-10-5-6-13(11(2)7-10)19-9-15(18)16-12(3)14(8-17)20-4/h5-7,12,14,17H,8-9H2,1-4H3,(H,16,18). The van der Waals surface area contributed by atoms with Crippen molar-refractivity contribution in [3.05, 3.63) is 29.3 Å². The molecule has 112 valence electrons. The maximum atomic E-state index is 11.8. The minimum absolute atomic E-state index is 0.0000565. The van der Waals surface area contributed by atoms with Crippen LogP contribution in [0.25, 0.3) is 0 Å². The van der Waals surface area contributed by atoms with E-state index >= 15 is 0 Å². The predicted molar refractivity (Wildman–Crippen MR) is 83.4 cm³/mol. The monoisotopic (exact) mass is 297 g/mol. The summed E-state index contributed by atoms with van der Waals surface area (Å²) in [7, 11) is 0. The predicted octanol–water partition coefficient (Wildman–Crippen LogP) is 1.91. The lowest BCUT2D eigenvalue weighted by atomic mass is 10.1. The Balaban J connectivity index is 2.47. The van der Waals surface area contributed by atoms with Gasteiger partial charge in [0.15, 0.2) is 6.61 Å². The second-order valence-electron chi connectivity index (χ2n) is 4.87. The number of aliphatic hydroxyl groups is 1. The van der Waals surface area contributed by atoms with Gasteiger partial charge in [0.25, 0.3) is 5.91 Å². The average molecular weight is 297 g/mol. The second kappa shape index (κ2) is 8.17. The molecule has 0 bridgehead atoms. The molecular formula is C15H23NO3S. The summed E-state index contributed by atoms with van der Waals surface area (Å²) >= 11 is 1.53. The first-order valence-electron chi connectivity index (χ1n) is 6.61. The minimum atomic E-state index is -0.176. The van der Waals surface area contributed by atoms with Crippen LogP contribution in [0.1, 0.15) is 18.1 Å². The van der Waals surface area contributed by atoms with Gasteiger partial charge < -0.3 is 15.2 Å². The van der Waals surface area contributed by atoms with Crippen LogP contribution in [0.3, 0.4) is 0 Å². The van der Waals surface area contributed by atoms with Gasteiger partial charge in [-0.05, 0) is 38.7 Å². The van der Waals surface area contributed by atoms with Crippen molar-refractivity contribution in [3.8, 4) is 5.75 Å². The molecule has 5 heteroatoms. The molecule has 0 aliphatic rings. The van der Waals surface area contributed by atoms with Gasteiger partial charge >= 0.3 is 0 Å². The summed E-state index contributed by atoms with van der Waals surface area (Å²) in [5.74, 6) is 0.548. The van der Waals surface area contributed by atoms with Gasteiger partial charge in [0.05, 0.1) is 6.61 Å². The number of aryl methyl sites for hydroxylation is 2. The summed E-state index contributed by atoms with van der Waals surface area (Å²) in [4.78, 5) is 11.8. The second-order valence-corrected chi connectivity index (χ2v) is 5.95. The number of amides is 1. The first-order valence-corrected chi connectivity index (χ1v) is 7.89. The lowest BCUT2D eigenvalue weighted by Crippen LogP contribution is -2.43. The summed E-state index contributed by atoms with van der Waals surface area (Å²) < 4.78 is 5.52. The van der Waals surface area contributed by atoms with E-state index in [0.717, 1.165) is 11.3 Å². The molecule has 1 rings (SSSR count). The van der Waals surface area contributed by atoms with E-state index in [2.05, 4.69) is 5.32 Å². The van der Waals surface area contributed by atoms with Gasteiger partial charge in [-0.3, -0.25) is 4.79 Å². The smallest absolute Gasteiger partial charge is 0.258 e. The highest BCUT2D eigenvalue weighted by Crippen LogP contribution is 2.18. The number of hydrogen-bond acceptors (Lipinski definition) is 4. The van der Waals surface area contributed by atoms with E-state index in [0.29, 0.717) is 0 Å². The van der Waals surface area contributed by atoms with Crippen molar-refractivity contribution in [2.24, 2.45) is 0 Å². The number of carbonyl (C=O) groups is 1. The van der Waals surface area contributed by atoms with E-state index in [1.54, 1.807) is 0 Å². The molecule has 0 fully saturated rings. The van der Waals surface area contributed by atoms with Gasteiger partial charge in [0.1, 0.15) is 5.75 Å². The third-order valence-electron chi connectivity index (χ3n) is 3.12. The van der Waals surface area contributed by atoms with Gasteiger partial charge in [0.2, 0.25) is 0 Å². The lowest BCUT2D eigenvalue weighted by Gasteiger charge is -2.21. The first kappa shape index (κ1) is 16.9. The van der Waals surface area contributed by atoms with Crippen LogP contribution in [0, 0.1) is 13.8 Å². The highest BCUT2D eigenvalue weighted by molar-refractivity contribution is 7.99. The quantitative estimate of drug-likeness (QED) is 0.807. The number of rotatable bonds is 7. The SMILES string of the molecule is CSC(CO)C(C)NC(=O)COc1ccc(C)cc1C. The van der Waals surface area contributed by atoms with Gasteiger partial charge in [-0.1, -0.05) is 17.7 Å². The Hall–Kier alpha value is -1.20. The van der Waals surface area contributed by atoms with Crippen molar-refractivity contribution in [3.63, 3.8) is 0 Å². The first-order chi connectivity index (χ1) is 9.47. The van der Waals surface area contributed by atoms with Crippen molar-refractivity contribution < 1.29 is 14.6 Å². The normalized spacial score (nSPS) is 13.7. The topological polar surface area (TPSA) is 58.6 Å². The summed E-state index contributed by atoms with van der Waals surface area (Å²) in [6.07, 6.45) is 1.91. The highest BCUT2D eigenvalue weighted by Gasteiger charge is 2.17. The number of thioether (sulfide) groups is 1. The fraction of sp³-hybridized carbons (Fsp3) is 0.533. The van der Waals surface area contributed by atoms with Gasteiger partial charge in [-0.25, -0.2) is 0 Å². The zero-order chi connectivity index (χ0) is 15.1. The maximum Gasteiger partial charge on any atom is 0.258 e. The van der Waals surface area contributed by atoms with E-state index in [1.165, 1.54) is 17.3 Å². The van der Waals surface area contributed by atoms with Crippen molar-refractivity contribution in [2.45, 2.75) is 32.1 Å². The van der Waals surface area contributed by atoms with Crippen LogP contribution < -0.4 is 10.1 Å². The van der Waals surface area contributed by atoms with Crippen molar-refractivity contribution in [1.29, 1.82) is 0 Å². The van der Waals surface area contributed by atoms with Crippen LogP contribution in [0.5, 0.6) is 5.75 Å². The van der Waals surface area contributed by atoms with Crippen LogP contribution in [0.4, 0.5) is 0 Å². The fourth-order valence-corrected chi connectivity index (χ4v) is 2.56. The Kier molecular flexibility index (Phi) is 6.88. The number of nitrogens with one attached hydrogen (secondary N) is 1. The summed E-state index contributed by atoms with van der Waals surface area (Å²) in [5.41, 5.74) is 2.18. The zero-order valence-corrected chi connectivity index (χ0v) is 13.3. The number of aliphatic hydroxyl groups excluding tert-OH is 1. The zero-order valence-electron chi connectivity index (χ0n) is 12.5. The molecule has 0 heterocycles. The largest absolute Gasteiger partial charge is 0.484 e. The average Bonchev–Trinajstić information content (AvgIpc) is 2.39. The summed E-state index contributed by atoms with van der Waals surface area (Å²) in [5, 5.41) is 12.0. The highest BCUT2D eigenvalue weighted by atomic mass is 32.2. The molecule has 0 saturated carbocycles. The van der Waals surface area contributed by atoms with Gasteiger partial charge in [0, 0.05) is 11.3 Å². The van der Waals surface area contributed by atoms with Crippen LogP contribution in [0.15, 0.2) is 18.2 Å². The Morgan fingerprint density at radius 2 is 2.15 bits per heavy atom. The van der Waals surface area contributed by atoms with E-state index in [4.69, 9.17) is 4.74 Å². The van der Waals surface area contributed by atoms with Crippen LogP contribution in [-0.4, -0.2) is 41.8 Å². The Labute approximate surface area is 124 Å². The molecule has 4 nitrogen and oxygen atoms in total. The molecule has 1 aromatic rings. The molecule has 2 N–H and O–H groups in total. The van der Waals surface area contributed by atoms with E-state index in [-0.39, 0.29) is 30.4 Å². The number of benzene rings is 1. The molecule has 0 aliphatic heterocycles. The van der Waals surface area contributed by atoms with Crippen LogP contribution >= 0.6 is 11.8 Å². The van der Waals surface area contributed by atoms with E-state index in [9.17, 15) is 9.90 Å². The van der Waals surface area contributed by atoms with Gasteiger partial charge in [-0.2, -0.15) is 11.8 Å². The molecular weight excluding hydrogens is 274 g/mol. The molecule has 1 aromatic carbocycles. The fourth-order valence-electron chi connectivity index (χ4n) is 1.93. The third-order valence-corrected chi connectivity index (χ3v) is 4.28. The third kappa shape index (κ3) is 5.06. The Bertz CT molecular complexity index is 447. The van der Waals surface area contributed by atoms with Crippen molar-refractivity contribution in [1.82, 2.24) is 5.32 Å². The number of ether oxygens (including phenoxy) is 1. The number of hydrogen-bond donors (Lipinski definition) is 2. The Morgan fingerprint density at radius 3 is 2.70 bits per heavy atom. The molecule has 0 aliphatic carbocycles. The lowest BCUT2D eigenvalue weighted by molar-refractivity contribution is -0.123. The molecule has 20 heavy (non-hydrogen) atoms. The van der Waals surface area contributed by atoms with E-state index in [1.807, 2.05) is 45.2 Å². The molecule has 0 saturated heterocycles. The molecule has 0 radical (unpaired) electrons. The molecule has 2 atom stereocenters. The molecule has 0 aromatic heterocycles. The maximum absolute atomic E-state index is 11.8. The van der Waals surface area contributed by atoms with Crippen molar-refractivity contribution >= 4 is 17.7 Å². The van der Waals surface area contributed by atoms with Gasteiger partial charge in [-0.15, -0.1) is 0 Å². The van der Waals surface area contributed by atoms with Crippen LogP contribution in [-0.2, 0) is 4.79 Å². The number of carbonyl (C=O) groups excluding carboxylic acids is 1. The van der Waals surface area contributed by atoms with Crippen molar-refractivity contribution in [2.75, 3.05) is 19.5 Å². The molecule has 1 amide bonds. The molecule has 0 spiro atoms. The summed E-state index contributed by atoms with van der Waals surface area (Å²) in [6.45, 7) is 5.88. The molecule has 2 unspecified atom stereocenters. The summed E-state index contributed by atoms with van der Waals surface area (Å²) in [6, 6.07) is 5.76. The minimum Gasteiger partial charge on any atom is -0.484 e. The van der Waals surface area contributed by atoms with Crippen LogP contribution in [0.2, 0.25) is 0 Å². The Morgan fingerprint density at radius 1 is 1.45 bits per heavy atom.